The average molecular weight is 384 g/mol. The van der Waals surface area contributed by atoms with Gasteiger partial charge < -0.3 is 16.0 Å². The Kier molecular flexibility index (Phi) is 6.19. The lowest BCUT2D eigenvalue weighted by Gasteiger charge is -2.26. The van der Waals surface area contributed by atoms with E-state index in [-0.39, 0.29) is 11.8 Å². The van der Waals surface area contributed by atoms with E-state index in [0.29, 0.717) is 12.1 Å². The van der Waals surface area contributed by atoms with Gasteiger partial charge in [-0.3, -0.25) is 9.59 Å². The van der Waals surface area contributed by atoms with Crippen molar-refractivity contribution in [1.82, 2.24) is 4.90 Å². The minimum Gasteiger partial charge on any atom is -0.341 e. The van der Waals surface area contributed by atoms with Crippen LogP contribution < -0.4 is 11.1 Å². The third-order valence-electron chi connectivity index (χ3n) is 4.78. The van der Waals surface area contributed by atoms with Gasteiger partial charge in [0.25, 0.3) is 0 Å². The smallest absolute Gasteiger partial charge is 0.248 e. The summed E-state index contributed by atoms with van der Waals surface area (Å²) in [5.74, 6) is 1.90. The van der Waals surface area contributed by atoms with Gasteiger partial charge in [0, 0.05) is 30.3 Å². The molecule has 1 fully saturated rings. The van der Waals surface area contributed by atoms with Crippen LogP contribution in [0.25, 0.3) is 0 Å². The monoisotopic (exact) mass is 383 g/mol. The molecule has 1 aliphatic heterocycles. The number of carbonyl (C=O) groups excluding carboxylic acids is 2. The number of anilines is 1. The first-order chi connectivity index (χ1) is 13.0. The standard InChI is InChI=1S/C21H25N3O2S/c1-21(22,17-5-3-2-4-6-17)20(26)23-18-9-7-16(8-10-18)15-19(25)24-11-13-27-14-12-24/h2-10H,11-15,22H2,1H3,(H,23,26). The molecular weight excluding hydrogens is 358 g/mol. The van der Waals surface area contributed by atoms with Gasteiger partial charge in [-0.1, -0.05) is 42.5 Å². The molecule has 0 aromatic heterocycles. The molecule has 0 bridgehead atoms. The first-order valence-electron chi connectivity index (χ1n) is 9.07. The zero-order chi connectivity index (χ0) is 19.3. The molecule has 1 atom stereocenters. The summed E-state index contributed by atoms with van der Waals surface area (Å²) in [5, 5.41) is 2.86. The van der Waals surface area contributed by atoms with Crippen molar-refractivity contribution in [2.24, 2.45) is 5.73 Å². The summed E-state index contributed by atoms with van der Waals surface area (Å²) in [6, 6.07) is 16.7. The molecule has 2 aromatic carbocycles. The van der Waals surface area contributed by atoms with Gasteiger partial charge in [0.2, 0.25) is 11.8 Å². The summed E-state index contributed by atoms with van der Waals surface area (Å²) in [6.07, 6.45) is 0.386. The van der Waals surface area contributed by atoms with Gasteiger partial charge in [0.1, 0.15) is 5.54 Å². The Morgan fingerprint density at radius 2 is 1.70 bits per heavy atom. The molecule has 142 valence electrons. The highest BCUT2D eigenvalue weighted by Crippen LogP contribution is 2.20. The van der Waals surface area contributed by atoms with E-state index in [1.807, 2.05) is 71.3 Å². The van der Waals surface area contributed by atoms with Crippen LogP contribution in [0.15, 0.2) is 54.6 Å². The Labute approximate surface area is 164 Å². The van der Waals surface area contributed by atoms with Gasteiger partial charge in [0.15, 0.2) is 0 Å². The summed E-state index contributed by atoms with van der Waals surface area (Å²) in [6.45, 7) is 3.35. The van der Waals surface area contributed by atoms with Crippen molar-refractivity contribution in [3.05, 3.63) is 65.7 Å². The summed E-state index contributed by atoms with van der Waals surface area (Å²) in [7, 11) is 0. The summed E-state index contributed by atoms with van der Waals surface area (Å²) in [4.78, 5) is 26.9. The van der Waals surface area contributed by atoms with Gasteiger partial charge in [0.05, 0.1) is 6.42 Å². The molecule has 5 nitrogen and oxygen atoms in total. The predicted molar refractivity (Wildman–Crippen MR) is 111 cm³/mol. The molecule has 1 unspecified atom stereocenters. The molecule has 1 saturated heterocycles. The van der Waals surface area contributed by atoms with Crippen LogP contribution in [0.4, 0.5) is 5.69 Å². The van der Waals surface area contributed by atoms with Crippen molar-refractivity contribution in [1.29, 1.82) is 0 Å². The van der Waals surface area contributed by atoms with Gasteiger partial charge in [-0.2, -0.15) is 11.8 Å². The molecular formula is C21H25N3O2S. The molecule has 2 amide bonds. The molecule has 1 heterocycles. The van der Waals surface area contributed by atoms with Crippen LogP contribution >= 0.6 is 11.8 Å². The van der Waals surface area contributed by atoms with Crippen LogP contribution in [0.2, 0.25) is 0 Å². The summed E-state index contributed by atoms with van der Waals surface area (Å²) < 4.78 is 0. The van der Waals surface area contributed by atoms with Crippen LogP contribution in [-0.4, -0.2) is 41.3 Å². The van der Waals surface area contributed by atoms with Gasteiger partial charge in [-0.15, -0.1) is 0 Å². The maximum absolute atomic E-state index is 12.6. The van der Waals surface area contributed by atoms with Crippen LogP contribution in [0.5, 0.6) is 0 Å². The number of nitrogens with zero attached hydrogens (tertiary/aromatic N) is 1. The topological polar surface area (TPSA) is 75.4 Å². The number of hydrogen-bond donors (Lipinski definition) is 2. The molecule has 1 aliphatic rings. The van der Waals surface area contributed by atoms with E-state index in [2.05, 4.69) is 5.32 Å². The minimum atomic E-state index is -1.12. The summed E-state index contributed by atoms with van der Waals surface area (Å²) in [5.41, 5.74) is 7.48. The molecule has 0 aliphatic carbocycles. The van der Waals surface area contributed by atoms with E-state index >= 15 is 0 Å². The van der Waals surface area contributed by atoms with Crippen molar-refractivity contribution >= 4 is 29.3 Å². The molecule has 3 N–H and O–H groups in total. The molecule has 0 radical (unpaired) electrons. The van der Waals surface area contributed by atoms with Crippen molar-refractivity contribution in [2.75, 3.05) is 29.9 Å². The zero-order valence-corrected chi connectivity index (χ0v) is 16.3. The Morgan fingerprint density at radius 3 is 2.33 bits per heavy atom. The highest BCUT2D eigenvalue weighted by atomic mass is 32.2. The zero-order valence-electron chi connectivity index (χ0n) is 15.5. The van der Waals surface area contributed by atoms with E-state index in [4.69, 9.17) is 5.73 Å². The van der Waals surface area contributed by atoms with E-state index in [9.17, 15) is 9.59 Å². The SMILES string of the molecule is CC(N)(C(=O)Nc1ccc(CC(=O)N2CCSCC2)cc1)c1ccccc1. The predicted octanol–water partition coefficient (Wildman–Crippen LogP) is 2.62. The molecule has 27 heavy (non-hydrogen) atoms. The quantitative estimate of drug-likeness (QED) is 0.832. The third kappa shape index (κ3) is 4.90. The molecule has 0 saturated carbocycles. The lowest BCUT2D eigenvalue weighted by molar-refractivity contribution is -0.130. The Morgan fingerprint density at radius 1 is 1.07 bits per heavy atom. The second kappa shape index (κ2) is 8.59. The van der Waals surface area contributed by atoms with E-state index < -0.39 is 5.54 Å². The van der Waals surface area contributed by atoms with Crippen LogP contribution in [0.3, 0.4) is 0 Å². The van der Waals surface area contributed by atoms with Gasteiger partial charge in [-0.05, 0) is 30.2 Å². The van der Waals surface area contributed by atoms with Crippen LogP contribution in [-0.2, 0) is 21.5 Å². The number of benzene rings is 2. The fourth-order valence-electron chi connectivity index (χ4n) is 2.98. The fourth-order valence-corrected chi connectivity index (χ4v) is 3.88. The third-order valence-corrected chi connectivity index (χ3v) is 5.72. The van der Waals surface area contributed by atoms with Crippen LogP contribution in [0.1, 0.15) is 18.1 Å². The number of carbonyl (C=O) groups is 2. The number of rotatable bonds is 5. The average Bonchev–Trinajstić information content (AvgIpc) is 2.70. The number of amides is 2. The molecule has 2 aromatic rings. The van der Waals surface area contributed by atoms with Crippen molar-refractivity contribution in [3.63, 3.8) is 0 Å². The van der Waals surface area contributed by atoms with Crippen molar-refractivity contribution in [3.8, 4) is 0 Å². The molecule has 6 heteroatoms. The molecule has 0 spiro atoms. The Balaban J connectivity index is 1.60. The second-order valence-electron chi connectivity index (χ2n) is 6.89. The van der Waals surface area contributed by atoms with E-state index in [1.165, 1.54) is 0 Å². The largest absolute Gasteiger partial charge is 0.341 e. The lowest BCUT2D eigenvalue weighted by Crippen LogP contribution is -2.45. The van der Waals surface area contributed by atoms with Crippen molar-refractivity contribution in [2.45, 2.75) is 18.9 Å². The fraction of sp³-hybridized carbons (Fsp3) is 0.333. The highest BCUT2D eigenvalue weighted by molar-refractivity contribution is 7.99. The Hall–Kier alpha value is -2.31. The number of nitrogens with one attached hydrogen (secondary N) is 1. The molecule has 3 rings (SSSR count). The van der Waals surface area contributed by atoms with Gasteiger partial charge >= 0.3 is 0 Å². The number of thioether (sulfide) groups is 1. The normalized spacial score (nSPS) is 16.4. The number of hydrogen-bond acceptors (Lipinski definition) is 4. The van der Waals surface area contributed by atoms with E-state index in [0.717, 1.165) is 35.7 Å². The Bertz CT molecular complexity index is 785. The first-order valence-corrected chi connectivity index (χ1v) is 10.2. The van der Waals surface area contributed by atoms with E-state index in [1.54, 1.807) is 6.92 Å². The highest BCUT2D eigenvalue weighted by Gasteiger charge is 2.30. The van der Waals surface area contributed by atoms with Crippen molar-refractivity contribution < 1.29 is 9.59 Å². The van der Waals surface area contributed by atoms with Gasteiger partial charge in [-0.25, -0.2) is 0 Å². The lowest BCUT2D eigenvalue weighted by atomic mass is 9.92. The number of nitrogens with two attached hydrogens (primary N) is 1. The van der Waals surface area contributed by atoms with Crippen LogP contribution in [0, 0.1) is 0 Å². The minimum absolute atomic E-state index is 0.158. The first kappa shape index (κ1) is 19.5. The second-order valence-corrected chi connectivity index (χ2v) is 8.11. The maximum atomic E-state index is 12.6. The maximum Gasteiger partial charge on any atom is 0.248 e. The summed E-state index contributed by atoms with van der Waals surface area (Å²) >= 11 is 1.89.